The standard InChI is InChI=1S/C17H15FN2O2/c1-11-6-8-12(9-7-11)19-17(21)16-10-15(20-22-16)13-4-2-3-5-14(13)18/h2-9,16H,10H2,1H3,(H,19,21). The van der Waals surface area contributed by atoms with Crippen molar-refractivity contribution in [2.45, 2.75) is 19.4 Å². The van der Waals surface area contributed by atoms with Gasteiger partial charge in [0.15, 0.2) is 0 Å². The van der Waals surface area contributed by atoms with Gasteiger partial charge in [-0.2, -0.15) is 0 Å². The van der Waals surface area contributed by atoms with E-state index in [-0.39, 0.29) is 18.1 Å². The molecule has 0 radical (unpaired) electrons. The summed E-state index contributed by atoms with van der Waals surface area (Å²) in [7, 11) is 0. The molecule has 1 heterocycles. The summed E-state index contributed by atoms with van der Waals surface area (Å²) in [4.78, 5) is 17.3. The Labute approximate surface area is 127 Å². The molecular formula is C17H15FN2O2. The van der Waals surface area contributed by atoms with E-state index in [4.69, 9.17) is 4.84 Å². The first-order valence-corrected chi connectivity index (χ1v) is 6.98. The van der Waals surface area contributed by atoms with Crippen LogP contribution in [0.2, 0.25) is 0 Å². The predicted molar refractivity (Wildman–Crippen MR) is 82.2 cm³/mol. The summed E-state index contributed by atoms with van der Waals surface area (Å²) >= 11 is 0. The van der Waals surface area contributed by atoms with E-state index in [9.17, 15) is 9.18 Å². The Bertz CT molecular complexity index is 726. The van der Waals surface area contributed by atoms with E-state index in [1.807, 2.05) is 31.2 Å². The fourth-order valence-corrected chi connectivity index (χ4v) is 2.23. The molecule has 0 fully saturated rings. The third kappa shape index (κ3) is 2.98. The van der Waals surface area contributed by atoms with Crippen molar-refractivity contribution in [3.8, 4) is 0 Å². The Hall–Kier alpha value is -2.69. The number of halogens is 1. The van der Waals surface area contributed by atoms with Crippen molar-refractivity contribution in [3.05, 3.63) is 65.5 Å². The Balaban J connectivity index is 1.65. The molecule has 0 saturated heterocycles. The molecule has 5 heteroatoms. The number of carbonyl (C=O) groups excluding carboxylic acids is 1. The van der Waals surface area contributed by atoms with Crippen LogP contribution in [0.15, 0.2) is 53.7 Å². The Kier molecular flexibility index (Phi) is 3.87. The number of aryl methyl sites for hydroxylation is 1. The molecule has 0 spiro atoms. The van der Waals surface area contributed by atoms with E-state index in [1.165, 1.54) is 6.07 Å². The van der Waals surface area contributed by atoms with E-state index in [2.05, 4.69) is 10.5 Å². The largest absolute Gasteiger partial charge is 0.382 e. The van der Waals surface area contributed by atoms with Crippen molar-refractivity contribution in [2.75, 3.05) is 5.32 Å². The summed E-state index contributed by atoms with van der Waals surface area (Å²) in [6.45, 7) is 1.97. The molecule has 0 aromatic heterocycles. The lowest BCUT2D eigenvalue weighted by Crippen LogP contribution is -2.28. The average molecular weight is 298 g/mol. The van der Waals surface area contributed by atoms with Gasteiger partial charge in [0.1, 0.15) is 5.82 Å². The lowest BCUT2D eigenvalue weighted by atomic mass is 10.0. The second kappa shape index (κ2) is 5.97. The van der Waals surface area contributed by atoms with Gasteiger partial charge in [-0.15, -0.1) is 0 Å². The molecule has 4 nitrogen and oxygen atoms in total. The van der Waals surface area contributed by atoms with Gasteiger partial charge in [0.25, 0.3) is 5.91 Å². The summed E-state index contributed by atoms with van der Waals surface area (Å²) in [5.74, 6) is -0.664. The van der Waals surface area contributed by atoms with Crippen LogP contribution >= 0.6 is 0 Å². The molecule has 1 unspecified atom stereocenters. The Morgan fingerprint density at radius 2 is 1.95 bits per heavy atom. The molecule has 1 aliphatic rings. The molecule has 0 bridgehead atoms. The molecule has 2 aromatic rings. The maximum absolute atomic E-state index is 13.7. The van der Waals surface area contributed by atoms with Gasteiger partial charge in [0.2, 0.25) is 6.10 Å². The molecular weight excluding hydrogens is 283 g/mol. The van der Waals surface area contributed by atoms with Crippen molar-refractivity contribution in [2.24, 2.45) is 5.16 Å². The van der Waals surface area contributed by atoms with Crippen molar-refractivity contribution in [3.63, 3.8) is 0 Å². The van der Waals surface area contributed by atoms with Gasteiger partial charge in [-0.3, -0.25) is 4.79 Å². The highest BCUT2D eigenvalue weighted by Gasteiger charge is 2.29. The van der Waals surface area contributed by atoms with Crippen LogP contribution < -0.4 is 5.32 Å². The van der Waals surface area contributed by atoms with Crippen LogP contribution in [0.3, 0.4) is 0 Å². The number of rotatable bonds is 3. The molecule has 1 N–H and O–H groups in total. The molecule has 3 rings (SSSR count). The van der Waals surface area contributed by atoms with Gasteiger partial charge in [-0.1, -0.05) is 41.1 Å². The summed E-state index contributed by atoms with van der Waals surface area (Å²) < 4.78 is 13.7. The summed E-state index contributed by atoms with van der Waals surface area (Å²) in [5.41, 5.74) is 2.62. The quantitative estimate of drug-likeness (QED) is 0.945. The van der Waals surface area contributed by atoms with Gasteiger partial charge >= 0.3 is 0 Å². The first kappa shape index (κ1) is 14.3. The molecule has 1 atom stereocenters. The first-order chi connectivity index (χ1) is 10.6. The number of amides is 1. The van der Waals surface area contributed by atoms with Gasteiger partial charge in [0, 0.05) is 17.7 Å². The van der Waals surface area contributed by atoms with E-state index < -0.39 is 6.10 Å². The summed E-state index contributed by atoms with van der Waals surface area (Å²) in [5, 5.41) is 6.61. The van der Waals surface area contributed by atoms with Crippen molar-refractivity contribution >= 4 is 17.3 Å². The van der Waals surface area contributed by atoms with Gasteiger partial charge in [-0.05, 0) is 25.1 Å². The number of benzene rings is 2. The SMILES string of the molecule is Cc1ccc(NC(=O)C2CC(c3ccccc3F)=NO2)cc1. The zero-order chi connectivity index (χ0) is 15.5. The van der Waals surface area contributed by atoms with Crippen LogP contribution in [0.25, 0.3) is 0 Å². The Morgan fingerprint density at radius 3 is 2.68 bits per heavy atom. The van der Waals surface area contributed by atoms with Crippen LogP contribution in [0.1, 0.15) is 17.5 Å². The number of carbonyl (C=O) groups is 1. The summed E-state index contributed by atoms with van der Waals surface area (Å²) in [6.07, 6.45) is -0.491. The minimum atomic E-state index is -0.740. The highest BCUT2D eigenvalue weighted by atomic mass is 19.1. The van der Waals surface area contributed by atoms with Crippen LogP contribution in [0.4, 0.5) is 10.1 Å². The minimum absolute atomic E-state index is 0.249. The van der Waals surface area contributed by atoms with E-state index >= 15 is 0 Å². The fourth-order valence-electron chi connectivity index (χ4n) is 2.23. The molecule has 22 heavy (non-hydrogen) atoms. The maximum Gasteiger partial charge on any atom is 0.268 e. The minimum Gasteiger partial charge on any atom is -0.382 e. The average Bonchev–Trinajstić information content (AvgIpc) is 3.00. The first-order valence-electron chi connectivity index (χ1n) is 6.98. The zero-order valence-electron chi connectivity index (χ0n) is 12.0. The Morgan fingerprint density at radius 1 is 1.23 bits per heavy atom. The molecule has 112 valence electrons. The molecule has 2 aromatic carbocycles. The second-order valence-corrected chi connectivity index (χ2v) is 5.17. The van der Waals surface area contributed by atoms with Gasteiger partial charge in [-0.25, -0.2) is 4.39 Å². The topological polar surface area (TPSA) is 50.7 Å². The van der Waals surface area contributed by atoms with E-state index in [1.54, 1.807) is 18.2 Å². The smallest absolute Gasteiger partial charge is 0.268 e. The summed E-state index contributed by atoms with van der Waals surface area (Å²) in [6, 6.07) is 13.8. The van der Waals surface area contributed by atoms with Crippen molar-refractivity contribution in [1.82, 2.24) is 0 Å². The molecule has 1 amide bonds. The lowest BCUT2D eigenvalue weighted by Gasteiger charge is -2.09. The van der Waals surface area contributed by atoms with Crippen LogP contribution in [-0.4, -0.2) is 17.7 Å². The zero-order valence-corrected chi connectivity index (χ0v) is 12.0. The van der Waals surface area contributed by atoms with Crippen molar-refractivity contribution < 1.29 is 14.0 Å². The van der Waals surface area contributed by atoms with E-state index in [0.717, 1.165) is 5.56 Å². The number of hydrogen-bond donors (Lipinski definition) is 1. The third-order valence-electron chi connectivity index (χ3n) is 3.47. The van der Waals surface area contributed by atoms with Crippen LogP contribution in [-0.2, 0) is 9.63 Å². The van der Waals surface area contributed by atoms with Crippen LogP contribution in [0, 0.1) is 12.7 Å². The van der Waals surface area contributed by atoms with Crippen molar-refractivity contribution in [1.29, 1.82) is 0 Å². The normalized spacial score (nSPS) is 16.8. The molecule has 0 aliphatic carbocycles. The number of nitrogens with one attached hydrogen (secondary N) is 1. The fraction of sp³-hybridized carbons (Fsp3) is 0.176. The predicted octanol–water partition coefficient (Wildman–Crippen LogP) is 3.27. The number of oxime groups is 1. The van der Waals surface area contributed by atoms with E-state index in [0.29, 0.717) is 17.0 Å². The third-order valence-corrected chi connectivity index (χ3v) is 3.47. The maximum atomic E-state index is 13.7. The number of nitrogens with zero attached hydrogens (tertiary/aromatic N) is 1. The number of hydrogen-bond acceptors (Lipinski definition) is 3. The molecule has 1 aliphatic heterocycles. The second-order valence-electron chi connectivity index (χ2n) is 5.17. The monoisotopic (exact) mass is 298 g/mol. The lowest BCUT2D eigenvalue weighted by molar-refractivity contribution is -0.125. The number of anilines is 1. The van der Waals surface area contributed by atoms with Gasteiger partial charge < -0.3 is 10.2 Å². The highest BCUT2D eigenvalue weighted by Crippen LogP contribution is 2.20. The van der Waals surface area contributed by atoms with Crippen LogP contribution in [0.5, 0.6) is 0 Å². The highest BCUT2D eigenvalue weighted by molar-refractivity contribution is 6.06. The molecule has 0 saturated carbocycles. The van der Waals surface area contributed by atoms with Gasteiger partial charge in [0.05, 0.1) is 5.71 Å².